The van der Waals surface area contributed by atoms with E-state index in [2.05, 4.69) is 0 Å². The van der Waals surface area contributed by atoms with Crippen LogP contribution in [-0.4, -0.2) is 27.3 Å². The van der Waals surface area contributed by atoms with Gasteiger partial charge in [0.25, 0.3) is 0 Å². The number of ether oxygens (including phenoxy) is 4. The molecule has 5 nitrogen and oxygen atoms in total. The van der Waals surface area contributed by atoms with Gasteiger partial charge in [0.2, 0.25) is 0 Å². The summed E-state index contributed by atoms with van der Waals surface area (Å²) in [6.07, 6.45) is 3.07. The maximum absolute atomic E-state index is 12.0. The molecular weight excluding hydrogens is 356 g/mol. The number of hydrogen-bond acceptors (Lipinski definition) is 5. The van der Waals surface area contributed by atoms with E-state index in [1.54, 1.807) is 39.5 Å². The van der Waals surface area contributed by atoms with E-state index in [4.69, 9.17) is 18.9 Å². The van der Waals surface area contributed by atoms with Crippen molar-refractivity contribution >= 4 is 22.8 Å². The summed E-state index contributed by atoms with van der Waals surface area (Å²) in [5.41, 5.74) is 1.74. The second-order valence-electron chi connectivity index (χ2n) is 6.10. The lowest BCUT2D eigenvalue weighted by molar-refractivity contribution is -0.138. The third-order valence-electron chi connectivity index (χ3n) is 4.31. The molecule has 0 saturated carbocycles. The SMILES string of the molecule is COc1ccc2cc(COC(=O)C=Cc3ccc(OC)c(OC)c3)ccc2c1. The van der Waals surface area contributed by atoms with Crippen LogP contribution in [-0.2, 0) is 16.1 Å². The Labute approximate surface area is 164 Å². The molecule has 3 rings (SSSR count). The Morgan fingerprint density at radius 3 is 2.32 bits per heavy atom. The number of carbonyl (C=O) groups is 1. The van der Waals surface area contributed by atoms with Crippen molar-refractivity contribution in [2.75, 3.05) is 21.3 Å². The highest BCUT2D eigenvalue weighted by Gasteiger charge is 2.05. The van der Waals surface area contributed by atoms with E-state index in [1.165, 1.54) is 6.08 Å². The van der Waals surface area contributed by atoms with Gasteiger partial charge >= 0.3 is 5.97 Å². The molecule has 0 aliphatic carbocycles. The zero-order chi connectivity index (χ0) is 19.9. The van der Waals surface area contributed by atoms with Crippen molar-refractivity contribution in [2.24, 2.45) is 0 Å². The first-order chi connectivity index (χ1) is 13.6. The average Bonchev–Trinajstić information content (AvgIpc) is 2.75. The largest absolute Gasteiger partial charge is 0.497 e. The van der Waals surface area contributed by atoms with Crippen LogP contribution in [0.4, 0.5) is 0 Å². The normalized spacial score (nSPS) is 10.8. The maximum Gasteiger partial charge on any atom is 0.331 e. The van der Waals surface area contributed by atoms with Gasteiger partial charge in [-0.2, -0.15) is 0 Å². The van der Waals surface area contributed by atoms with E-state index in [0.717, 1.165) is 27.6 Å². The molecule has 0 amide bonds. The van der Waals surface area contributed by atoms with Crippen LogP contribution in [0.15, 0.2) is 60.7 Å². The van der Waals surface area contributed by atoms with Crippen LogP contribution in [0.3, 0.4) is 0 Å². The van der Waals surface area contributed by atoms with Crippen molar-refractivity contribution in [2.45, 2.75) is 6.61 Å². The summed E-state index contributed by atoms with van der Waals surface area (Å²) < 4.78 is 21.0. The Morgan fingerprint density at radius 1 is 0.821 bits per heavy atom. The summed E-state index contributed by atoms with van der Waals surface area (Å²) >= 11 is 0. The van der Waals surface area contributed by atoms with Gasteiger partial charge in [-0.3, -0.25) is 0 Å². The second kappa shape index (κ2) is 8.95. The van der Waals surface area contributed by atoms with Gasteiger partial charge in [-0.25, -0.2) is 4.79 Å². The van der Waals surface area contributed by atoms with Gasteiger partial charge in [0, 0.05) is 6.08 Å². The number of carbonyl (C=O) groups excluding carboxylic acids is 1. The highest BCUT2D eigenvalue weighted by molar-refractivity contribution is 5.87. The Morgan fingerprint density at radius 2 is 1.57 bits per heavy atom. The van der Waals surface area contributed by atoms with Crippen molar-refractivity contribution in [3.05, 3.63) is 71.8 Å². The van der Waals surface area contributed by atoms with Crippen LogP contribution in [0.1, 0.15) is 11.1 Å². The molecule has 3 aromatic carbocycles. The maximum atomic E-state index is 12.0. The predicted octanol–water partition coefficient (Wildman–Crippen LogP) is 4.62. The van der Waals surface area contributed by atoms with Crippen LogP contribution in [0.5, 0.6) is 17.2 Å². The number of fused-ring (bicyclic) bond motifs is 1. The molecule has 0 heterocycles. The lowest BCUT2D eigenvalue weighted by atomic mass is 10.1. The van der Waals surface area contributed by atoms with Crippen LogP contribution in [0, 0.1) is 0 Å². The predicted molar refractivity (Wildman–Crippen MR) is 109 cm³/mol. The van der Waals surface area contributed by atoms with Gasteiger partial charge in [-0.05, 0) is 58.3 Å². The van der Waals surface area contributed by atoms with E-state index in [1.807, 2.05) is 42.5 Å². The Hall–Kier alpha value is -3.47. The summed E-state index contributed by atoms with van der Waals surface area (Å²) in [5.74, 6) is 1.64. The second-order valence-corrected chi connectivity index (χ2v) is 6.10. The summed E-state index contributed by atoms with van der Waals surface area (Å²) in [6.45, 7) is 0.205. The lowest BCUT2D eigenvalue weighted by Gasteiger charge is -2.08. The fraction of sp³-hybridized carbons (Fsp3) is 0.174. The van der Waals surface area contributed by atoms with Crippen LogP contribution >= 0.6 is 0 Å². The molecule has 0 atom stereocenters. The molecule has 0 aliphatic heterocycles. The van der Waals surface area contributed by atoms with E-state index < -0.39 is 5.97 Å². The molecule has 0 unspecified atom stereocenters. The topological polar surface area (TPSA) is 54.0 Å². The molecular formula is C23H22O5. The third kappa shape index (κ3) is 4.62. The Balaban J connectivity index is 1.62. The van der Waals surface area contributed by atoms with Crippen LogP contribution < -0.4 is 14.2 Å². The Kier molecular flexibility index (Phi) is 6.17. The molecule has 0 N–H and O–H groups in total. The number of methoxy groups -OCH3 is 3. The first-order valence-electron chi connectivity index (χ1n) is 8.76. The van der Waals surface area contributed by atoms with Gasteiger partial charge in [0.1, 0.15) is 12.4 Å². The average molecular weight is 378 g/mol. The number of benzene rings is 3. The van der Waals surface area contributed by atoms with Crippen molar-refractivity contribution in [1.82, 2.24) is 0 Å². The molecule has 0 fully saturated rings. The quantitative estimate of drug-likeness (QED) is 0.443. The molecule has 0 saturated heterocycles. The fourth-order valence-corrected chi connectivity index (χ4v) is 2.81. The lowest BCUT2D eigenvalue weighted by Crippen LogP contribution is -2.00. The minimum Gasteiger partial charge on any atom is -0.497 e. The third-order valence-corrected chi connectivity index (χ3v) is 4.31. The smallest absolute Gasteiger partial charge is 0.331 e. The molecule has 144 valence electrons. The molecule has 5 heteroatoms. The highest BCUT2D eigenvalue weighted by atomic mass is 16.5. The number of rotatable bonds is 7. The van der Waals surface area contributed by atoms with Gasteiger partial charge in [0.15, 0.2) is 11.5 Å². The molecule has 0 spiro atoms. The van der Waals surface area contributed by atoms with E-state index in [-0.39, 0.29) is 6.61 Å². The first kappa shape index (κ1) is 19.3. The first-order valence-corrected chi connectivity index (χ1v) is 8.76. The monoisotopic (exact) mass is 378 g/mol. The van der Waals surface area contributed by atoms with Crippen molar-refractivity contribution in [1.29, 1.82) is 0 Å². The molecule has 0 aromatic heterocycles. The van der Waals surface area contributed by atoms with Crippen molar-refractivity contribution < 1.29 is 23.7 Å². The molecule has 0 radical (unpaired) electrons. The van der Waals surface area contributed by atoms with Crippen molar-refractivity contribution in [3.63, 3.8) is 0 Å². The fourth-order valence-electron chi connectivity index (χ4n) is 2.81. The van der Waals surface area contributed by atoms with Gasteiger partial charge in [0.05, 0.1) is 21.3 Å². The molecule has 0 aliphatic rings. The summed E-state index contributed by atoms with van der Waals surface area (Å²) in [7, 11) is 4.79. The zero-order valence-corrected chi connectivity index (χ0v) is 16.1. The summed E-state index contributed by atoms with van der Waals surface area (Å²) in [6, 6.07) is 17.2. The summed E-state index contributed by atoms with van der Waals surface area (Å²) in [5, 5.41) is 2.14. The molecule has 3 aromatic rings. The van der Waals surface area contributed by atoms with Crippen LogP contribution in [0.2, 0.25) is 0 Å². The minimum atomic E-state index is -0.412. The molecule has 28 heavy (non-hydrogen) atoms. The van der Waals surface area contributed by atoms with Gasteiger partial charge in [-0.1, -0.05) is 24.3 Å². The summed E-state index contributed by atoms with van der Waals surface area (Å²) in [4.78, 5) is 12.0. The number of hydrogen-bond donors (Lipinski definition) is 0. The Bertz CT molecular complexity index is 1010. The van der Waals surface area contributed by atoms with Crippen LogP contribution in [0.25, 0.3) is 16.8 Å². The van der Waals surface area contributed by atoms with Crippen molar-refractivity contribution in [3.8, 4) is 17.2 Å². The van der Waals surface area contributed by atoms with Gasteiger partial charge < -0.3 is 18.9 Å². The van der Waals surface area contributed by atoms with E-state index in [9.17, 15) is 4.79 Å². The van der Waals surface area contributed by atoms with E-state index >= 15 is 0 Å². The zero-order valence-electron chi connectivity index (χ0n) is 16.1. The standard InChI is InChI=1S/C23H22O5/c1-25-20-9-8-18-12-17(4-7-19(18)14-20)15-28-23(24)11-6-16-5-10-21(26-2)22(13-16)27-3/h4-14H,15H2,1-3H3. The highest BCUT2D eigenvalue weighted by Crippen LogP contribution is 2.28. The van der Waals surface area contributed by atoms with Gasteiger partial charge in [-0.15, -0.1) is 0 Å². The minimum absolute atomic E-state index is 0.205. The van der Waals surface area contributed by atoms with E-state index in [0.29, 0.717) is 11.5 Å². The number of esters is 1. The molecule has 0 bridgehead atoms.